The molecule has 2 unspecified atom stereocenters. The molecule has 2 atom stereocenters. The van der Waals surface area contributed by atoms with E-state index >= 15 is 0 Å². The van der Waals surface area contributed by atoms with Gasteiger partial charge in [-0.05, 0) is 55.2 Å². The second-order valence-electron chi connectivity index (χ2n) is 8.00. The van der Waals surface area contributed by atoms with Crippen LogP contribution in [0.25, 0.3) is 0 Å². The van der Waals surface area contributed by atoms with E-state index in [9.17, 15) is 13.5 Å². The molecule has 0 spiro atoms. The highest BCUT2D eigenvalue weighted by Gasteiger charge is 2.33. The van der Waals surface area contributed by atoms with E-state index in [-0.39, 0.29) is 24.2 Å². The molecule has 30 heavy (non-hydrogen) atoms. The Balaban J connectivity index is 1.68. The fourth-order valence-electron chi connectivity index (χ4n) is 3.80. The minimum Gasteiger partial charge on any atom is -0.497 e. The summed E-state index contributed by atoms with van der Waals surface area (Å²) in [5, 5.41) is 10.7. The van der Waals surface area contributed by atoms with Gasteiger partial charge in [-0.15, -0.1) is 0 Å². The average Bonchev–Trinajstić information content (AvgIpc) is 3.08. The lowest BCUT2D eigenvalue weighted by atomic mass is 10.1. The first-order valence-electron chi connectivity index (χ1n) is 10.2. The zero-order valence-electron chi connectivity index (χ0n) is 17.9. The van der Waals surface area contributed by atoms with Crippen LogP contribution in [-0.4, -0.2) is 62.3 Å². The first kappa shape index (κ1) is 22.6. The predicted molar refractivity (Wildman–Crippen MR) is 118 cm³/mol. The Bertz CT molecular complexity index is 960. The number of aliphatic hydroxyl groups is 1. The summed E-state index contributed by atoms with van der Waals surface area (Å²) < 4.78 is 35.2. The minimum atomic E-state index is -3.03. The van der Waals surface area contributed by atoms with Gasteiger partial charge in [0.1, 0.15) is 24.2 Å². The number of aryl methyl sites for hydroxylation is 1. The molecule has 3 rings (SSSR count). The lowest BCUT2D eigenvalue weighted by molar-refractivity contribution is 0.0522. The lowest BCUT2D eigenvalue weighted by Gasteiger charge is -2.30. The van der Waals surface area contributed by atoms with Crippen molar-refractivity contribution in [2.24, 2.45) is 0 Å². The highest BCUT2D eigenvalue weighted by atomic mass is 32.2. The van der Waals surface area contributed by atoms with Gasteiger partial charge in [0.25, 0.3) is 0 Å². The fourth-order valence-corrected chi connectivity index (χ4v) is 5.56. The van der Waals surface area contributed by atoms with Gasteiger partial charge >= 0.3 is 0 Å². The third kappa shape index (κ3) is 5.97. The molecule has 164 valence electrons. The summed E-state index contributed by atoms with van der Waals surface area (Å²) >= 11 is 0. The van der Waals surface area contributed by atoms with Gasteiger partial charge in [0, 0.05) is 19.1 Å². The molecule has 0 aliphatic carbocycles. The number of sulfone groups is 1. The maximum Gasteiger partial charge on any atom is 0.151 e. The van der Waals surface area contributed by atoms with Gasteiger partial charge in [0.15, 0.2) is 9.84 Å². The molecule has 0 amide bonds. The zero-order chi connectivity index (χ0) is 21.7. The third-order valence-corrected chi connectivity index (χ3v) is 7.43. The standard InChI is InChI=1S/C23H31NO5S/c1-17-6-4-9-23(18(17)2)29-15-21(25)14-24(20-10-11-30(26,27)16-20)13-19-7-5-8-22(12-19)28-3/h4-9,12,20-21,25H,10-11,13-16H2,1-3H3. The molecule has 6 nitrogen and oxygen atoms in total. The number of ether oxygens (including phenoxy) is 2. The summed E-state index contributed by atoms with van der Waals surface area (Å²) in [6.07, 6.45) is -0.157. The molecule has 0 bridgehead atoms. The van der Waals surface area contributed by atoms with Crippen molar-refractivity contribution in [1.29, 1.82) is 0 Å². The lowest BCUT2D eigenvalue weighted by Crippen LogP contribution is -2.42. The average molecular weight is 434 g/mol. The summed E-state index contributed by atoms with van der Waals surface area (Å²) in [6, 6.07) is 13.5. The molecule has 0 radical (unpaired) electrons. The number of nitrogens with zero attached hydrogens (tertiary/aromatic N) is 1. The Kier molecular flexibility index (Phi) is 7.39. The van der Waals surface area contributed by atoms with Crippen LogP contribution in [0.2, 0.25) is 0 Å². The molecule has 1 aliphatic rings. The quantitative estimate of drug-likeness (QED) is 0.655. The first-order valence-corrected chi connectivity index (χ1v) is 12.0. The van der Waals surface area contributed by atoms with Crippen LogP contribution in [0.3, 0.4) is 0 Å². The molecule has 1 heterocycles. The predicted octanol–water partition coefficient (Wildman–Crippen LogP) is 2.74. The summed E-state index contributed by atoms with van der Waals surface area (Å²) in [6.45, 7) is 5.04. The molecule has 0 saturated carbocycles. The fraction of sp³-hybridized carbons (Fsp3) is 0.478. The molecular formula is C23H31NO5S. The molecule has 7 heteroatoms. The summed E-state index contributed by atoms with van der Waals surface area (Å²) in [5.41, 5.74) is 3.21. The Morgan fingerprint density at radius 3 is 2.67 bits per heavy atom. The van der Waals surface area contributed by atoms with Gasteiger partial charge in [-0.1, -0.05) is 24.3 Å². The molecule has 0 aromatic heterocycles. The SMILES string of the molecule is COc1cccc(CN(CC(O)COc2cccc(C)c2C)C2CCS(=O)(=O)C2)c1. The number of methoxy groups -OCH3 is 1. The highest BCUT2D eigenvalue weighted by Crippen LogP contribution is 2.23. The van der Waals surface area contributed by atoms with Crippen molar-refractivity contribution in [3.05, 3.63) is 59.2 Å². The number of hydrogen-bond acceptors (Lipinski definition) is 6. The molecule has 1 aliphatic heterocycles. The van der Waals surface area contributed by atoms with Crippen molar-refractivity contribution in [2.45, 2.75) is 39.0 Å². The van der Waals surface area contributed by atoms with Crippen molar-refractivity contribution < 1.29 is 23.0 Å². The number of rotatable bonds is 9. The first-order chi connectivity index (χ1) is 14.3. The van der Waals surface area contributed by atoms with E-state index in [1.165, 1.54) is 0 Å². The van der Waals surface area contributed by atoms with E-state index in [4.69, 9.17) is 9.47 Å². The van der Waals surface area contributed by atoms with Gasteiger partial charge in [0.05, 0.1) is 18.6 Å². The minimum absolute atomic E-state index is 0.114. The van der Waals surface area contributed by atoms with Crippen LogP contribution in [0.4, 0.5) is 0 Å². The van der Waals surface area contributed by atoms with Crippen LogP contribution in [0.15, 0.2) is 42.5 Å². The Hall–Kier alpha value is -2.09. The smallest absolute Gasteiger partial charge is 0.151 e. The van der Waals surface area contributed by atoms with E-state index in [1.807, 2.05) is 56.3 Å². The molecule has 1 N–H and O–H groups in total. The maximum absolute atomic E-state index is 12.0. The van der Waals surface area contributed by atoms with Crippen LogP contribution in [-0.2, 0) is 16.4 Å². The largest absolute Gasteiger partial charge is 0.497 e. The van der Waals surface area contributed by atoms with Gasteiger partial charge in [-0.3, -0.25) is 4.90 Å². The van der Waals surface area contributed by atoms with Crippen LogP contribution >= 0.6 is 0 Å². The van der Waals surface area contributed by atoms with Crippen molar-refractivity contribution in [3.63, 3.8) is 0 Å². The molecule has 2 aromatic carbocycles. The second-order valence-corrected chi connectivity index (χ2v) is 10.2. The van der Waals surface area contributed by atoms with Crippen molar-refractivity contribution >= 4 is 9.84 Å². The third-order valence-electron chi connectivity index (χ3n) is 5.68. The molecule has 1 fully saturated rings. The maximum atomic E-state index is 12.0. The van der Waals surface area contributed by atoms with Gasteiger partial charge < -0.3 is 14.6 Å². The van der Waals surface area contributed by atoms with E-state index in [2.05, 4.69) is 4.90 Å². The monoisotopic (exact) mass is 433 g/mol. The van der Waals surface area contributed by atoms with Gasteiger partial charge in [-0.2, -0.15) is 0 Å². The van der Waals surface area contributed by atoms with Crippen LogP contribution in [0.5, 0.6) is 11.5 Å². The second kappa shape index (κ2) is 9.81. The summed E-state index contributed by atoms with van der Waals surface area (Å²) in [4.78, 5) is 2.05. The van der Waals surface area contributed by atoms with Gasteiger partial charge in [-0.25, -0.2) is 8.42 Å². The summed E-state index contributed by atoms with van der Waals surface area (Å²) in [7, 11) is -1.41. The summed E-state index contributed by atoms with van der Waals surface area (Å²) in [5.74, 6) is 1.84. The van der Waals surface area contributed by atoms with Crippen LogP contribution < -0.4 is 9.47 Å². The van der Waals surface area contributed by atoms with E-state index < -0.39 is 15.9 Å². The topological polar surface area (TPSA) is 76.1 Å². The Morgan fingerprint density at radius 1 is 1.20 bits per heavy atom. The van der Waals surface area contributed by atoms with Crippen molar-refractivity contribution in [3.8, 4) is 11.5 Å². The van der Waals surface area contributed by atoms with Gasteiger partial charge in [0.2, 0.25) is 0 Å². The normalized spacial score (nSPS) is 19.0. The number of aliphatic hydroxyl groups excluding tert-OH is 1. The van der Waals surface area contributed by atoms with Crippen LogP contribution in [0, 0.1) is 13.8 Å². The van der Waals surface area contributed by atoms with Crippen LogP contribution in [0.1, 0.15) is 23.1 Å². The number of benzene rings is 2. The van der Waals surface area contributed by atoms with E-state index in [0.29, 0.717) is 19.5 Å². The van der Waals surface area contributed by atoms with Crippen molar-refractivity contribution in [1.82, 2.24) is 4.90 Å². The Morgan fingerprint density at radius 2 is 1.97 bits per heavy atom. The zero-order valence-corrected chi connectivity index (χ0v) is 18.7. The van der Waals surface area contributed by atoms with E-state index in [0.717, 1.165) is 28.2 Å². The molecule has 1 saturated heterocycles. The molecular weight excluding hydrogens is 402 g/mol. The van der Waals surface area contributed by atoms with Crippen molar-refractivity contribution in [2.75, 3.05) is 31.8 Å². The molecule has 2 aromatic rings. The van der Waals surface area contributed by atoms with E-state index in [1.54, 1.807) is 7.11 Å². The number of hydrogen-bond donors (Lipinski definition) is 1. The Labute approximate surface area is 179 Å². The highest BCUT2D eigenvalue weighted by molar-refractivity contribution is 7.91.